The molecule has 1 aromatic heterocycles. The van der Waals surface area contributed by atoms with Crippen LogP contribution in [0.15, 0.2) is 33.8 Å². The molecule has 180 valence electrons. The zero-order valence-corrected chi connectivity index (χ0v) is 20.0. The first-order valence-corrected chi connectivity index (χ1v) is 13.2. The predicted molar refractivity (Wildman–Crippen MR) is 121 cm³/mol. The van der Waals surface area contributed by atoms with Crippen molar-refractivity contribution < 1.29 is 26.8 Å². The Morgan fingerprint density at radius 3 is 2.52 bits per heavy atom. The summed E-state index contributed by atoms with van der Waals surface area (Å²) in [5.74, 6) is 0.407. The van der Waals surface area contributed by atoms with Crippen molar-refractivity contribution >= 4 is 21.6 Å². The van der Waals surface area contributed by atoms with Gasteiger partial charge in [-0.3, -0.25) is 0 Å². The third-order valence-corrected chi connectivity index (χ3v) is 7.38. The van der Waals surface area contributed by atoms with E-state index in [0.29, 0.717) is 37.8 Å². The molecule has 4 rings (SSSR count). The quantitative estimate of drug-likeness (QED) is 0.641. The summed E-state index contributed by atoms with van der Waals surface area (Å²) >= 11 is 0. The molecular formula is C23H30FN3O5S. The van der Waals surface area contributed by atoms with Crippen LogP contribution in [0, 0.1) is 5.82 Å². The van der Waals surface area contributed by atoms with Crippen LogP contribution in [0.25, 0.3) is 0 Å². The Morgan fingerprint density at radius 2 is 1.88 bits per heavy atom. The van der Waals surface area contributed by atoms with Gasteiger partial charge in [-0.15, -0.1) is 0 Å². The summed E-state index contributed by atoms with van der Waals surface area (Å²) in [6.45, 7) is 6.12. The van der Waals surface area contributed by atoms with Gasteiger partial charge in [0.2, 0.25) is 0 Å². The van der Waals surface area contributed by atoms with E-state index in [-0.39, 0.29) is 28.9 Å². The molecule has 2 aliphatic rings. The number of piperidine rings is 1. The van der Waals surface area contributed by atoms with E-state index in [9.17, 15) is 17.6 Å². The minimum atomic E-state index is -3.45. The molecular weight excluding hydrogens is 449 g/mol. The monoisotopic (exact) mass is 479 g/mol. The van der Waals surface area contributed by atoms with Gasteiger partial charge in [-0.25, -0.2) is 22.6 Å². The van der Waals surface area contributed by atoms with Crippen LogP contribution >= 0.6 is 0 Å². The normalized spacial score (nSPS) is 20.0. The van der Waals surface area contributed by atoms with E-state index in [4.69, 9.17) is 14.1 Å². The fourth-order valence-corrected chi connectivity index (χ4v) is 5.09. The van der Waals surface area contributed by atoms with Gasteiger partial charge in [0, 0.05) is 44.3 Å². The van der Waals surface area contributed by atoms with Crippen LogP contribution in [0.1, 0.15) is 56.5 Å². The highest BCUT2D eigenvalue weighted by Gasteiger charge is 2.31. The second kappa shape index (κ2) is 9.32. The van der Waals surface area contributed by atoms with Gasteiger partial charge in [0.25, 0.3) is 0 Å². The van der Waals surface area contributed by atoms with Gasteiger partial charge in [-0.1, -0.05) is 0 Å². The number of carbonyl (C=O) groups excluding carboxylic acids is 1. The largest absolute Gasteiger partial charge is 0.448 e. The topological polar surface area (TPSA) is 93.0 Å². The van der Waals surface area contributed by atoms with E-state index < -0.39 is 15.7 Å². The number of aromatic nitrogens is 1. The molecule has 8 nitrogen and oxygen atoms in total. The Kier molecular flexibility index (Phi) is 6.65. The van der Waals surface area contributed by atoms with Crippen molar-refractivity contribution in [1.82, 2.24) is 9.88 Å². The van der Waals surface area contributed by atoms with Crippen LogP contribution in [-0.2, 0) is 14.6 Å². The van der Waals surface area contributed by atoms with Crippen molar-refractivity contribution in [1.29, 1.82) is 0 Å². The number of amides is 1. The van der Waals surface area contributed by atoms with E-state index in [1.807, 2.05) is 18.7 Å². The summed E-state index contributed by atoms with van der Waals surface area (Å²) in [5.41, 5.74) is 1.25. The highest BCUT2D eigenvalue weighted by molar-refractivity contribution is 7.90. The molecule has 2 saturated heterocycles. The Balaban J connectivity index is 1.36. The molecule has 3 heterocycles. The van der Waals surface area contributed by atoms with E-state index in [1.54, 1.807) is 11.2 Å². The molecule has 0 radical (unpaired) electrons. The van der Waals surface area contributed by atoms with E-state index in [2.05, 4.69) is 0 Å². The van der Waals surface area contributed by atoms with Crippen LogP contribution in [-0.4, -0.2) is 62.9 Å². The maximum Gasteiger partial charge on any atom is 0.410 e. The smallest absolute Gasteiger partial charge is 0.410 e. The number of benzene rings is 1. The average molecular weight is 480 g/mol. The lowest BCUT2D eigenvalue weighted by Gasteiger charge is -2.30. The highest BCUT2D eigenvalue weighted by atomic mass is 32.2. The Morgan fingerprint density at radius 1 is 1.18 bits per heavy atom. The molecule has 33 heavy (non-hydrogen) atoms. The number of hydrogen-bond donors (Lipinski definition) is 0. The van der Waals surface area contributed by atoms with Crippen LogP contribution in [0.5, 0.6) is 0 Å². The second-order valence-corrected chi connectivity index (χ2v) is 11.1. The van der Waals surface area contributed by atoms with Crippen LogP contribution in [0.3, 0.4) is 0 Å². The lowest BCUT2D eigenvalue weighted by Crippen LogP contribution is -2.39. The minimum Gasteiger partial charge on any atom is -0.448 e. The summed E-state index contributed by atoms with van der Waals surface area (Å²) in [4.78, 5) is 20.4. The van der Waals surface area contributed by atoms with Gasteiger partial charge < -0.3 is 19.0 Å². The van der Waals surface area contributed by atoms with Gasteiger partial charge in [0.15, 0.2) is 15.7 Å². The molecule has 1 unspecified atom stereocenters. The van der Waals surface area contributed by atoms with Gasteiger partial charge in [0.1, 0.15) is 12.1 Å². The van der Waals surface area contributed by atoms with Gasteiger partial charge >= 0.3 is 6.09 Å². The van der Waals surface area contributed by atoms with Crippen molar-refractivity contribution in [3.8, 4) is 0 Å². The van der Waals surface area contributed by atoms with Crippen molar-refractivity contribution in [3.63, 3.8) is 0 Å². The number of nitrogens with zero attached hydrogens (tertiary/aromatic N) is 3. The van der Waals surface area contributed by atoms with Gasteiger partial charge in [-0.2, -0.15) is 0 Å². The third-order valence-electron chi connectivity index (χ3n) is 6.27. The van der Waals surface area contributed by atoms with E-state index >= 15 is 0 Å². The molecule has 0 saturated carbocycles. The molecule has 2 fully saturated rings. The molecule has 10 heteroatoms. The summed E-state index contributed by atoms with van der Waals surface area (Å²) in [6.07, 6.45) is 4.67. The lowest BCUT2D eigenvalue weighted by molar-refractivity contribution is 0.0680. The Hall–Kier alpha value is -2.62. The zero-order chi connectivity index (χ0) is 23.8. The van der Waals surface area contributed by atoms with Crippen LogP contribution < -0.4 is 4.90 Å². The lowest BCUT2D eigenvalue weighted by atomic mass is 9.97. The minimum absolute atomic E-state index is 0.0239. The number of halogens is 1. The molecule has 1 aromatic carbocycles. The standard InChI is InChI=1S/C23H30FN3O5S/c1-15(2)32-23(28)26-9-6-16(7-10-26)22-25-20(14-31-22)17-8-11-27(13-17)21-5-4-18(12-19(21)24)33(3,29)30/h4-5,12,14-17H,6-11,13H2,1-3H3. The predicted octanol–water partition coefficient (Wildman–Crippen LogP) is 3.94. The number of carbonyl (C=O) groups is 1. The summed E-state index contributed by atoms with van der Waals surface area (Å²) < 4.78 is 49.0. The van der Waals surface area contributed by atoms with E-state index in [0.717, 1.165) is 37.3 Å². The second-order valence-electron chi connectivity index (χ2n) is 9.12. The average Bonchev–Trinajstić information content (AvgIpc) is 3.42. The van der Waals surface area contributed by atoms with E-state index in [1.165, 1.54) is 12.1 Å². The van der Waals surface area contributed by atoms with Gasteiger partial charge in [0.05, 0.1) is 22.4 Å². The summed E-state index contributed by atoms with van der Waals surface area (Å²) in [6, 6.07) is 4.05. The van der Waals surface area contributed by atoms with Crippen LogP contribution in [0.4, 0.5) is 14.9 Å². The molecule has 0 N–H and O–H groups in total. The third kappa shape index (κ3) is 5.31. The fourth-order valence-electron chi connectivity index (χ4n) is 4.46. The number of oxazole rings is 1. The maximum absolute atomic E-state index is 14.6. The Bertz CT molecular complexity index is 1110. The molecule has 2 aromatic rings. The summed E-state index contributed by atoms with van der Waals surface area (Å²) in [5, 5.41) is 0. The molecule has 1 amide bonds. The zero-order valence-electron chi connectivity index (χ0n) is 19.2. The number of sulfone groups is 1. The molecule has 0 spiro atoms. The number of hydrogen-bond acceptors (Lipinski definition) is 7. The van der Waals surface area contributed by atoms with Crippen molar-refractivity contribution in [2.75, 3.05) is 37.3 Å². The van der Waals surface area contributed by atoms with Crippen molar-refractivity contribution in [2.45, 2.75) is 55.9 Å². The molecule has 0 aliphatic carbocycles. The number of likely N-dealkylation sites (tertiary alicyclic amines) is 1. The maximum atomic E-state index is 14.6. The number of rotatable bonds is 5. The first kappa shape index (κ1) is 23.5. The summed E-state index contributed by atoms with van der Waals surface area (Å²) in [7, 11) is -3.45. The van der Waals surface area contributed by atoms with Gasteiger partial charge in [-0.05, 0) is 51.3 Å². The Labute approximate surface area is 193 Å². The number of ether oxygens (including phenoxy) is 1. The molecule has 2 aliphatic heterocycles. The first-order valence-electron chi connectivity index (χ1n) is 11.3. The number of anilines is 1. The molecule has 1 atom stereocenters. The highest BCUT2D eigenvalue weighted by Crippen LogP contribution is 2.34. The SMILES string of the molecule is CC(C)OC(=O)N1CCC(c2nc(C3CCN(c4ccc(S(C)(=O)=O)cc4F)C3)co2)CC1. The fraction of sp³-hybridized carbons (Fsp3) is 0.565. The van der Waals surface area contributed by atoms with Crippen molar-refractivity contribution in [3.05, 3.63) is 41.9 Å². The molecule has 0 bridgehead atoms. The van der Waals surface area contributed by atoms with Crippen LogP contribution in [0.2, 0.25) is 0 Å². The first-order chi connectivity index (χ1) is 15.6. The van der Waals surface area contributed by atoms with Crippen molar-refractivity contribution in [2.24, 2.45) is 0 Å².